The van der Waals surface area contributed by atoms with Crippen LogP contribution in [0.15, 0.2) is 66.7 Å². The highest BCUT2D eigenvalue weighted by molar-refractivity contribution is 5.64. The van der Waals surface area contributed by atoms with Crippen LogP contribution in [-0.2, 0) is 0 Å². The zero-order valence-corrected chi connectivity index (χ0v) is 11.1. The predicted molar refractivity (Wildman–Crippen MR) is 78.9 cm³/mol. The van der Waals surface area contributed by atoms with Gasteiger partial charge in [0, 0.05) is 6.54 Å². The zero-order chi connectivity index (χ0) is 12.9. The van der Waals surface area contributed by atoms with Crippen LogP contribution in [0.2, 0.25) is 0 Å². The molecule has 1 nitrogen and oxygen atoms in total. The molecule has 0 spiro atoms. The lowest BCUT2D eigenvalue weighted by Gasteiger charge is -2.14. The van der Waals surface area contributed by atoms with E-state index in [0.717, 1.165) is 0 Å². The minimum Gasteiger partial charge on any atom is -0.281 e. The van der Waals surface area contributed by atoms with E-state index in [-0.39, 0.29) is 0 Å². The third-order valence-corrected chi connectivity index (χ3v) is 4.35. The van der Waals surface area contributed by atoms with Crippen molar-refractivity contribution in [2.75, 3.05) is 6.54 Å². The van der Waals surface area contributed by atoms with Gasteiger partial charge in [0.2, 0.25) is 0 Å². The summed E-state index contributed by atoms with van der Waals surface area (Å²) in [6.45, 7) is 3.51. The van der Waals surface area contributed by atoms with Gasteiger partial charge in [0.1, 0.15) is 0 Å². The maximum atomic E-state index is 2.54. The Labute approximate surface area is 114 Å². The Balaban J connectivity index is 1.70. The van der Waals surface area contributed by atoms with Crippen LogP contribution in [0.5, 0.6) is 0 Å². The Morgan fingerprint density at radius 2 is 1.79 bits per heavy atom. The molecule has 2 aliphatic heterocycles. The minimum atomic E-state index is 0.341. The summed E-state index contributed by atoms with van der Waals surface area (Å²) in [4.78, 5) is 2.54. The fourth-order valence-electron chi connectivity index (χ4n) is 3.10. The standard InChI is InChI=1S/C18H17N/c1-18-11-10-17(19(18)13-18)16-9-5-8-15(12-16)14-6-3-2-4-7-14/h2-12,17H,13H2,1H3. The average Bonchev–Trinajstić information content (AvgIpc) is 3.02. The van der Waals surface area contributed by atoms with Crippen molar-refractivity contribution in [3.05, 3.63) is 72.3 Å². The summed E-state index contributed by atoms with van der Waals surface area (Å²) in [5, 5.41) is 0. The van der Waals surface area contributed by atoms with Gasteiger partial charge in [-0.1, -0.05) is 60.7 Å². The van der Waals surface area contributed by atoms with Crippen molar-refractivity contribution in [3.63, 3.8) is 0 Å². The molecule has 2 aromatic carbocycles. The molecular formula is C18H17N. The molecule has 3 atom stereocenters. The molecule has 4 rings (SSSR count). The van der Waals surface area contributed by atoms with Crippen LogP contribution < -0.4 is 0 Å². The molecule has 3 unspecified atom stereocenters. The summed E-state index contributed by atoms with van der Waals surface area (Å²) in [5.41, 5.74) is 4.34. The van der Waals surface area contributed by atoms with Crippen molar-refractivity contribution in [2.45, 2.75) is 18.5 Å². The molecular weight excluding hydrogens is 230 g/mol. The molecule has 0 N–H and O–H groups in total. The van der Waals surface area contributed by atoms with E-state index in [0.29, 0.717) is 11.6 Å². The van der Waals surface area contributed by atoms with E-state index in [1.807, 2.05) is 0 Å². The second-order valence-electron chi connectivity index (χ2n) is 5.78. The second kappa shape index (κ2) is 3.82. The zero-order valence-electron chi connectivity index (χ0n) is 11.1. The molecule has 0 saturated carbocycles. The molecule has 19 heavy (non-hydrogen) atoms. The SMILES string of the molecule is CC12C=CC(c3cccc(-c4ccccc4)c3)N1C2. The lowest BCUT2D eigenvalue weighted by molar-refractivity contribution is 0.442. The molecule has 0 aliphatic carbocycles. The van der Waals surface area contributed by atoms with Crippen molar-refractivity contribution < 1.29 is 0 Å². The topological polar surface area (TPSA) is 3.01 Å². The van der Waals surface area contributed by atoms with Crippen molar-refractivity contribution in [1.82, 2.24) is 4.90 Å². The fraction of sp³-hybridized carbons (Fsp3) is 0.222. The molecule has 1 saturated heterocycles. The van der Waals surface area contributed by atoms with Crippen LogP contribution in [0.4, 0.5) is 0 Å². The largest absolute Gasteiger partial charge is 0.281 e. The van der Waals surface area contributed by atoms with Gasteiger partial charge < -0.3 is 0 Å². The van der Waals surface area contributed by atoms with E-state index >= 15 is 0 Å². The number of nitrogens with zero attached hydrogens (tertiary/aromatic N) is 1. The summed E-state index contributed by atoms with van der Waals surface area (Å²) < 4.78 is 0. The first-order chi connectivity index (χ1) is 9.26. The third-order valence-electron chi connectivity index (χ3n) is 4.35. The molecule has 0 aromatic heterocycles. The van der Waals surface area contributed by atoms with E-state index in [4.69, 9.17) is 0 Å². The highest BCUT2D eigenvalue weighted by Gasteiger charge is 2.52. The third kappa shape index (κ3) is 1.73. The van der Waals surface area contributed by atoms with Crippen molar-refractivity contribution >= 4 is 0 Å². The number of hydrogen-bond acceptors (Lipinski definition) is 1. The first kappa shape index (κ1) is 11.0. The summed E-state index contributed by atoms with van der Waals surface area (Å²) in [5.74, 6) is 0. The second-order valence-corrected chi connectivity index (χ2v) is 5.78. The summed E-state index contributed by atoms with van der Waals surface area (Å²) in [7, 11) is 0. The molecule has 2 heterocycles. The van der Waals surface area contributed by atoms with E-state index < -0.39 is 0 Å². The van der Waals surface area contributed by atoms with Gasteiger partial charge in [0.05, 0.1) is 11.6 Å². The van der Waals surface area contributed by atoms with E-state index in [9.17, 15) is 0 Å². The maximum Gasteiger partial charge on any atom is 0.0542 e. The Bertz CT molecular complexity index is 644. The van der Waals surface area contributed by atoms with Crippen LogP contribution in [0, 0.1) is 0 Å². The maximum absolute atomic E-state index is 2.54. The van der Waals surface area contributed by atoms with Gasteiger partial charge in [-0.2, -0.15) is 0 Å². The van der Waals surface area contributed by atoms with Crippen molar-refractivity contribution in [1.29, 1.82) is 0 Å². The monoisotopic (exact) mass is 247 g/mol. The van der Waals surface area contributed by atoms with Crippen molar-refractivity contribution in [2.24, 2.45) is 0 Å². The number of benzene rings is 2. The number of fused-ring (bicyclic) bond motifs is 1. The van der Waals surface area contributed by atoms with Crippen LogP contribution in [0.1, 0.15) is 18.5 Å². The Hall–Kier alpha value is -1.86. The Morgan fingerprint density at radius 3 is 2.47 bits per heavy atom. The Morgan fingerprint density at radius 1 is 1.00 bits per heavy atom. The molecule has 0 amide bonds. The van der Waals surface area contributed by atoms with E-state index in [2.05, 4.69) is 78.6 Å². The normalized spacial score (nSPS) is 31.2. The predicted octanol–water partition coefficient (Wildman–Crippen LogP) is 4.04. The highest BCUT2D eigenvalue weighted by Crippen LogP contribution is 2.48. The highest BCUT2D eigenvalue weighted by atomic mass is 15.4. The smallest absolute Gasteiger partial charge is 0.0542 e. The molecule has 2 aromatic rings. The Kier molecular flexibility index (Phi) is 2.21. The van der Waals surface area contributed by atoms with Gasteiger partial charge in [0.15, 0.2) is 0 Å². The summed E-state index contributed by atoms with van der Waals surface area (Å²) in [6.07, 6.45) is 4.69. The molecule has 1 heteroatoms. The fourth-order valence-corrected chi connectivity index (χ4v) is 3.10. The quantitative estimate of drug-likeness (QED) is 0.572. The van der Waals surface area contributed by atoms with Gasteiger partial charge in [-0.25, -0.2) is 0 Å². The minimum absolute atomic E-state index is 0.341. The number of hydrogen-bond donors (Lipinski definition) is 0. The van der Waals surface area contributed by atoms with Crippen LogP contribution in [0.25, 0.3) is 11.1 Å². The van der Waals surface area contributed by atoms with Gasteiger partial charge in [-0.05, 0) is 29.7 Å². The number of rotatable bonds is 2. The van der Waals surface area contributed by atoms with E-state index in [1.165, 1.54) is 23.2 Å². The molecule has 1 fully saturated rings. The van der Waals surface area contributed by atoms with Crippen LogP contribution in [0.3, 0.4) is 0 Å². The van der Waals surface area contributed by atoms with Crippen molar-refractivity contribution in [3.8, 4) is 11.1 Å². The molecule has 0 radical (unpaired) electrons. The molecule has 94 valence electrons. The van der Waals surface area contributed by atoms with Gasteiger partial charge in [0.25, 0.3) is 0 Å². The van der Waals surface area contributed by atoms with Crippen LogP contribution >= 0.6 is 0 Å². The first-order valence-electron chi connectivity index (χ1n) is 6.88. The molecule has 0 bridgehead atoms. The van der Waals surface area contributed by atoms with E-state index in [1.54, 1.807) is 0 Å². The summed E-state index contributed by atoms with van der Waals surface area (Å²) in [6, 6.07) is 20.0. The lowest BCUT2D eigenvalue weighted by Crippen LogP contribution is -2.09. The van der Waals surface area contributed by atoms with Crippen LogP contribution in [-0.4, -0.2) is 17.0 Å². The summed E-state index contributed by atoms with van der Waals surface area (Å²) >= 11 is 0. The lowest BCUT2D eigenvalue weighted by atomic mass is 9.99. The molecule has 2 aliphatic rings. The van der Waals surface area contributed by atoms with Gasteiger partial charge in [-0.15, -0.1) is 0 Å². The van der Waals surface area contributed by atoms with Gasteiger partial charge in [-0.3, -0.25) is 4.90 Å². The average molecular weight is 247 g/mol. The van der Waals surface area contributed by atoms with Gasteiger partial charge >= 0.3 is 0 Å². The first-order valence-corrected chi connectivity index (χ1v) is 6.88.